The van der Waals surface area contributed by atoms with Crippen LogP contribution in [-0.4, -0.2) is 31.6 Å². The molecule has 1 saturated heterocycles. The maximum Gasteiger partial charge on any atom is 0.243 e. The van der Waals surface area contributed by atoms with Crippen LogP contribution < -0.4 is 0 Å². The predicted molar refractivity (Wildman–Crippen MR) is 82.8 cm³/mol. The Labute approximate surface area is 127 Å². The van der Waals surface area contributed by atoms with Gasteiger partial charge in [0.1, 0.15) is 0 Å². The Morgan fingerprint density at radius 3 is 2.10 bits per heavy atom. The molecule has 0 N–H and O–H groups in total. The van der Waals surface area contributed by atoms with Crippen molar-refractivity contribution in [2.24, 2.45) is 11.8 Å². The first-order valence-electron chi connectivity index (χ1n) is 7.43. The first-order chi connectivity index (χ1) is 9.82. The number of hydrogen-bond donors (Lipinski definition) is 0. The number of nitrogens with zero attached hydrogens (tertiary/aromatic N) is 1. The highest BCUT2D eigenvalue weighted by atomic mass is 32.2. The average molecular weight is 309 g/mol. The van der Waals surface area contributed by atoms with Crippen molar-refractivity contribution in [1.82, 2.24) is 4.31 Å². The van der Waals surface area contributed by atoms with E-state index in [9.17, 15) is 13.2 Å². The van der Waals surface area contributed by atoms with Crippen LogP contribution >= 0.6 is 0 Å². The molecule has 2 rings (SSSR count). The monoisotopic (exact) mass is 309 g/mol. The van der Waals surface area contributed by atoms with Crippen molar-refractivity contribution >= 4 is 15.8 Å². The summed E-state index contributed by atoms with van der Waals surface area (Å²) in [5.41, 5.74) is 0.535. The maximum absolute atomic E-state index is 12.6. The van der Waals surface area contributed by atoms with Gasteiger partial charge in [0, 0.05) is 18.7 Å². The van der Waals surface area contributed by atoms with Crippen LogP contribution in [0.3, 0.4) is 0 Å². The maximum atomic E-state index is 12.6. The molecule has 21 heavy (non-hydrogen) atoms. The first-order valence-corrected chi connectivity index (χ1v) is 8.87. The molecule has 0 bridgehead atoms. The Balaban J connectivity index is 2.13. The topological polar surface area (TPSA) is 54.5 Å². The quantitative estimate of drug-likeness (QED) is 0.804. The lowest BCUT2D eigenvalue weighted by Crippen LogP contribution is -2.39. The minimum absolute atomic E-state index is 0.0586. The van der Waals surface area contributed by atoms with E-state index < -0.39 is 10.0 Å². The van der Waals surface area contributed by atoms with Gasteiger partial charge in [-0.3, -0.25) is 4.79 Å². The summed E-state index contributed by atoms with van der Waals surface area (Å²) in [4.78, 5) is 11.5. The number of piperidine rings is 1. The van der Waals surface area contributed by atoms with Gasteiger partial charge in [-0.05, 0) is 43.7 Å². The van der Waals surface area contributed by atoms with Crippen molar-refractivity contribution in [2.45, 2.75) is 38.5 Å². The van der Waals surface area contributed by atoms with E-state index in [1.807, 2.05) is 0 Å². The van der Waals surface area contributed by atoms with E-state index in [4.69, 9.17) is 0 Å². The molecule has 0 spiro atoms. The van der Waals surface area contributed by atoms with Gasteiger partial charge in [-0.15, -0.1) is 0 Å². The Bertz CT molecular complexity index is 597. The zero-order valence-electron chi connectivity index (χ0n) is 12.9. The Morgan fingerprint density at radius 1 is 1.14 bits per heavy atom. The van der Waals surface area contributed by atoms with Gasteiger partial charge >= 0.3 is 0 Å². The van der Waals surface area contributed by atoms with E-state index in [1.165, 1.54) is 19.1 Å². The highest BCUT2D eigenvalue weighted by Crippen LogP contribution is 2.28. The summed E-state index contributed by atoms with van der Waals surface area (Å²) in [5, 5.41) is 0. The largest absolute Gasteiger partial charge is 0.295 e. The van der Waals surface area contributed by atoms with Gasteiger partial charge in [0.25, 0.3) is 0 Å². The van der Waals surface area contributed by atoms with Crippen LogP contribution in [0.2, 0.25) is 0 Å². The molecular formula is C16H23NO3S. The molecule has 1 aromatic carbocycles. The van der Waals surface area contributed by atoms with E-state index in [2.05, 4.69) is 13.8 Å². The van der Waals surface area contributed by atoms with E-state index in [1.54, 1.807) is 16.4 Å². The van der Waals surface area contributed by atoms with Crippen LogP contribution in [-0.2, 0) is 10.0 Å². The molecule has 1 heterocycles. The molecule has 0 unspecified atom stereocenters. The molecule has 1 fully saturated rings. The SMILES string of the molecule is CC(=O)c1ccc(S(=O)(=O)N2CCC(C(C)C)CC2)cc1. The van der Waals surface area contributed by atoms with E-state index in [0.717, 1.165) is 12.8 Å². The third kappa shape index (κ3) is 3.52. The number of hydrogen-bond acceptors (Lipinski definition) is 3. The summed E-state index contributed by atoms with van der Waals surface area (Å²) in [6.07, 6.45) is 1.84. The molecule has 0 amide bonds. The van der Waals surface area contributed by atoms with Gasteiger partial charge in [-0.25, -0.2) is 8.42 Å². The molecule has 0 aliphatic carbocycles. The van der Waals surface area contributed by atoms with Crippen molar-refractivity contribution < 1.29 is 13.2 Å². The fourth-order valence-electron chi connectivity index (χ4n) is 2.79. The van der Waals surface area contributed by atoms with Crippen molar-refractivity contribution in [2.75, 3.05) is 13.1 Å². The summed E-state index contributed by atoms with van der Waals surface area (Å²) in [6, 6.07) is 6.22. The van der Waals surface area contributed by atoms with Crippen LogP contribution in [0, 0.1) is 11.8 Å². The highest BCUT2D eigenvalue weighted by molar-refractivity contribution is 7.89. The van der Waals surface area contributed by atoms with Crippen LogP contribution in [0.15, 0.2) is 29.2 Å². The standard InChI is InChI=1S/C16H23NO3S/c1-12(2)14-8-10-17(11-9-14)21(19,20)16-6-4-15(5-7-16)13(3)18/h4-7,12,14H,8-11H2,1-3H3. The lowest BCUT2D eigenvalue weighted by molar-refractivity contribution is 0.101. The highest BCUT2D eigenvalue weighted by Gasteiger charge is 2.30. The smallest absolute Gasteiger partial charge is 0.243 e. The van der Waals surface area contributed by atoms with E-state index >= 15 is 0 Å². The zero-order chi connectivity index (χ0) is 15.6. The fraction of sp³-hybridized carbons (Fsp3) is 0.562. The lowest BCUT2D eigenvalue weighted by Gasteiger charge is -2.33. The molecule has 1 aliphatic heterocycles. The molecule has 0 radical (unpaired) electrons. The van der Waals surface area contributed by atoms with Gasteiger partial charge < -0.3 is 0 Å². The molecule has 1 aromatic rings. The minimum atomic E-state index is -3.43. The molecule has 5 heteroatoms. The number of rotatable bonds is 4. The molecular weight excluding hydrogens is 286 g/mol. The van der Waals surface area contributed by atoms with Gasteiger partial charge in [0.15, 0.2) is 5.78 Å². The van der Waals surface area contributed by atoms with Crippen LogP contribution in [0.4, 0.5) is 0 Å². The second-order valence-electron chi connectivity index (χ2n) is 6.07. The molecule has 0 aromatic heterocycles. The summed E-state index contributed by atoms with van der Waals surface area (Å²) in [6.45, 7) is 7.02. The van der Waals surface area contributed by atoms with E-state index in [-0.39, 0.29) is 10.7 Å². The first kappa shape index (κ1) is 16.2. The lowest BCUT2D eigenvalue weighted by atomic mass is 9.87. The fourth-order valence-corrected chi connectivity index (χ4v) is 4.26. The summed E-state index contributed by atoms with van der Waals surface area (Å²) in [7, 11) is -3.43. The Hall–Kier alpha value is -1.20. The Morgan fingerprint density at radius 2 is 1.67 bits per heavy atom. The molecule has 116 valence electrons. The molecule has 1 aliphatic rings. The van der Waals surface area contributed by atoms with Crippen molar-refractivity contribution in [1.29, 1.82) is 0 Å². The second kappa shape index (κ2) is 6.28. The normalized spacial score (nSPS) is 18.1. The third-order valence-electron chi connectivity index (χ3n) is 4.34. The molecule has 4 nitrogen and oxygen atoms in total. The second-order valence-corrected chi connectivity index (χ2v) is 8.00. The predicted octanol–water partition coefficient (Wildman–Crippen LogP) is 2.95. The minimum Gasteiger partial charge on any atom is -0.295 e. The van der Waals surface area contributed by atoms with Gasteiger partial charge in [0.05, 0.1) is 4.90 Å². The Kier molecular flexibility index (Phi) is 4.84. The average Bonchev–Trinajstić information content (AvgIpc) is 2.47. The third-order valence-corrected chi connectivity index (χ3v) is 6.25. The van der Waals surface area contributed by atoms with Gasteiger partial charge in [-0.2, -0.15) is 4.31 Å². The number of carbonyl (C=O) groups is 1. The van der Waals surface area contributed by atoms with Gasteiger partial charge in [-0.1, -0.05) is 26.0 Å². The van der Waals surface area contributed by atoms with Crippen molar-refractivity contribution in [3.8, 4) is 0 Å². The number of ketones is 1. The molecule has 0 atom stereocenters. The van der Waals surface area contributed by atoms with Crippen LogP contribution in [0.5, 0.6) is 0 Å². The summed E-state index contributed by atoms with van der Waals surface area (Å²) in [5.74, 6) is 1.15. The number of sulfonamides is 1. The summed E-state index contributed by atoms with van der Waals surface area (Å²) < 4.78 is 26.7. The van der Waals surface area contributed by atoms with E-state index in [0.29, 0.717) is 30.5 Å². The molecule has 0 saturated carbocycles. The van der Waals surface area contributed by atoms with Crippen LogP contribution in [0.25, 0.3) is 0 Å². The van der Waals surface area contributed by atoms with Gasteiger partial charge in [0.2, 0.25) is 10.0 Å². The van der Waals surface area contributed by atoms with Crippen molar-refractivity contribution in [3.63, 3.8) is 0 Å². The van der Waals surface area contributed by atoms with Crippen molar-refractivity contribution in [3.05, 3.63) is 29.8 Å². The zero-order valence-corrected chi connectivity index (χ0v) is 13.7. The summed E-state index contributed by atoms with van der Waals surface area (Å²) >= 11 is 0. The van der Waals surface area contributed by atoms with Crippen LogP contribution in [0.1, 0.15) is 44.0 Å². The number of carbonyl (C=O) groups excluding carboxylic acids is 1. The number of Topliss-reactive ketones (excluding diaryl/α,β-unsaturated/α-hetero) is 1. The number of benzene rings is 1.